The van der Waals surface area contributed by atoms with Gasteiger partial charge in [-0.3, -0.25) is 4.98 Å². The molecule has 2 heterocycles. The number of benzene rings is 1. The van der Waals surface area contributed by atoms with Crippen molar-refractivity contribution in [2.24, 2.45) is 7.05 Å². The van der Waals surface area contributed by atoms with Crippen LogP contribution in [0.5, 0.6) is 0 Å². The van der Waals surface area contributed by atoms with Gasteiger partial charge in [0.2, 0.25) is 0 Å². The van der Waals surface area contributed by atoms with E-state index in [4.69, 9.17) is 0 Å². The van der Waals surface area contributed by atoms with E-state index in [1.165, 1.54) is 11.7 Å². The van der Waals surface area contributed by atoms with Crippen molar-refractivity contribution in [3.05, 3.63) is 97.0 Å². The van der Waals surface area contributed by atoms with Crippen LogP contribution in [0.1, 0.15) is 28.8 Å². The van der Waals surface area contributed by atoms with Crippen molar-refractivity contribution in [2.75, 3.05) is 0 Å². The van der Waals surface area contributed by atoms with Gasteiger partial charge < -0.3 is 0 Å². The maximum atomic E-state index is 12.4. The molecule has 1 aliphatic rings. The summed E-state index contributed by atoms with van der Waals surface area (Å²) in [5, 5.41) is 2.60. The molecule has 2 atom stereocenters. The van der Waals surface area contributed by atoms with Crippen molar-refractivity contribution in [3.8, 4) is 0 Å². The number of aromatic nitrogens is 4. The smallest absolute Gasteiger partial charge is 0.258 e. The third kappa shape index (κ3) is 2.51. The number of hydrogen-bond donors (Lipinski definition) is 1. The van der Waals surface area contributed by atoms with Crippen molar-refractivity contribution < 1.29 is 0 Å². The second-order valence-electron chi connectivity index (χ2n) is 5.94. The highest BCUT2D eigenvalue weighted by atomic mass is 79.9. The molecule has 0 saturated carbocycles. The fourth-order valence-corrected chi connectivity index (χ4v) is 3.79. The lowest BCUT2D eigenvalue weighted by atomic mass is 9.84. The van der Waals surface area contributed by atoms with Crippen LogP contribution in [0.3, 0.4) is 0 Å². The van der Waals surface area contributed by atoms with Gasteiger partial charge in [-0.1, -0.05) is 58.4 Å². The number of halogens is 1. The van der Waals surface area contributed by atoms with Gasteiger partial charge in [-0.25, -0.2) is 23.9 Å². The van der Waals surface area contributed by atoms with E-state index in [9.17, 15) is 9.59 Å². The lowest BCUT2D eigenvalue weighted by Gasteiger charge is -2.27. The predicted molar refractivity (Wildman–Crippen MR) is 97.8 cm³/mol. The zero-order chi connectivity index (χ0) is 17.6. The molecule has 0 aliphatic heterocycles. The first-order valence-electron chi connectivity index (χ1n) is 7.83. The molecule has 6 nitrogen and oxygen atoms in total. The minimum Gasteiger partial charge on any atom is -0.258 e. The van der Waals surface area contributed by atoms with E-state index in [0.717, 1.165) is 25.9 Å². The van der Waals surface area contributed by atoms with Gasteiger partial charge in [-0.2, -0.15) is 0 Å². The van der Waals surface area contributed by atoms with Gasteiger partial charge in [0.1, 0.15) is 6.04 Å². The molecule has 1 aliphatic carbocycles. The molecule has 0 radical (unpaired) electrons. The fraction of sp³-hybridized carbons (Fsp3) is 0.167. The van der Waals surface area contributed by atoms with Crippen LogP contribution in [0.15, 0.2) is 68.8 Å². The quantitative estimate of drug-likeness (QED) is 0.673. The van der Waals surface area contributed by atoms with Crippen LogP contribution in [-0.2, 0) is 7.05 Å². The fourth-order valence-electron chi connectivity index (χ4n) is 3.22. The maximum absolute atomic E-state index is 12.4. The third-order valence-corrected chi connectivity index (χ3v) is 5.19. The van der Waals surface area contributed by atoms with Crippen LogP contribution in [0, 0.1) is 0 Å². The maximum Gasteiger partial charge on any atom is 0.347 e. The van der Waals surface area contributed by atoms with E-state index in [-0.39, 0.29) is 5.92 Å². The Kier molecular flexibility index (Phi) is 3.80. The van der Waals surface area contributed by atoms with Crippen LogP contribution in [-0.4, -0.2) is 19.3 Å². The Labute approximate surface area is 151 Å². The number of nitrogens with one attached hydrogen (secondary N) is 1. The lowest BCUT2D eigenvalue weighted by molar-refractivity contribution is 0.552. The molecular weight excluding hydrogens is 384 g/mol. The number of rotatable bonds is 2. The first-order chi connectivity index (χ1) is 12.1. The van der Waals surface area contributed by atoms with Crippen LogP contribution in [0.25, 0.3) is 0 Å². The number of H-pyrrole nitrogens is 1. The Morgan fingerprint density at radius 2 is 1.88 bits per heavy atom. The molecule has 0 amide bonds. The summed E-state index contributed by atoms with van der Waals surface area (Å²) in [6, 6.07) is 11.5. The standard InChI is InChI=1S/C18H15BrN4O2/c1-22-17(24)21-23(18(22)25)14-8-7-12(11-5-3-2-4-6-11)15-13(19)9-10-20-16(14)15/h2-10,12,14H,1H3,(H,21,24)/t12-,14-/m0/s1. The minimum atomic E-state index is -0.450. The monoisotopic (exact) mass is 398 g/mol. The Morgan fingerprint density at radius 3 is 2.56 bits per heavy atom. The Balaban J connectivity index is 1.92. The van der Waals surface area contributed by atoms with Crippen LogP contribution >= 0.6 is 15.9 Å². The van der Waals surface area contributed by atoms with Crippen LogP contribution < -0.4 is 11.4 Å². The van der Waals surface area contributed by atoms with Crippen molar-refractivity contribution in [3.63, 3.8) is 0 Å². The number of nitrogens with zero attached hydrogens (tertiary/aromatic N) is 3. The molecule has 126 valence electrons. The van der Waals surface area contributed by atoms with E-state index in [0.29, 0.717) is 0 Å². The average Bonchev–Trinajstić information content (AvgIpc) is 2.89. The van der Waals surface area contributed by atoms with Gasteiger partial charge in [0.15, 0.2) is 0 Å². The largest absolute Gasteiger partial charge is 0.347 e. The Hall–Kier alpha value is -2.67. The topological polar surface area (TPSA) is 72.7 Å². The predicted octanol–water partition coefficient (Wildman–Crippen LogP) is 2.32. The average molecular weight is 399 g/mol. The van der Waals surface area contributed by atoms with Gasteiger partial charge in [0.25, 0.3) is 0 Å². The summed E-state index contributed by atoms with van der Waals surface area (Å²) in [5.74, 6) is 0.0293. The molecule has 7 heteroatoms. The van der Waals surface area contributed by atoms with E-state index in [2.05, 4.69) is 38.1 Å². The molecule has 2 aromatic heterocycles. The molecular formula is C18H15BrN4O2. The molecule has 4 rings (SSSR count). The lowest BCUT2D eigenvalue weighted by Crippen LogP contribution is -2.30. The number of aromatic amines is 1. The van der Waals surface area contributed by atoms with Crippen molar-refractivity contribution >= 4 is 15.9 Å². The molecule has 0 saturated heterocycles. The molecule has 1 N–H and O–H groups in total. The van der Waals surface area contributed by atoms with E-state index in [1.54, 1.807) is 6.20 Å². The van der Waals surface area contributed by atoms with E-state index in [1.807, 2.05) is 36.4 Å². The molecule has 0 fully saturated rings. The SMILES string of the molecule is Cn1c(=O)[nH]n([C@H]2C=C[C@@H](c3ccccc3)c3c(Br)ccnc32)c1=O. The van der Waals surface area contributed by atoms with E-state index >= 15 is 0 Å². The first-order valence-corrected chi connectivity index (χ1v) is 8.62. The zero-order valence-electron chi connectivity index (χ0n) is 13.4. The highest BCUT2D eigenvalue weighted by Crippen LogP contribution is 2.40. The van der Waals surface area contributed by atoms with Crippen LogP contribution in [0.2, 0.25) is 0 Å². The summed E-state index contributed by atoms with van der Waals surface area (Å²) in [6.07, 6.45) is 5.66. The summed E-state index contributed by atoms with van der Waals surface area (Å²) < 4.78 is 3.29. The van der Waals surface area contributed by atoms with Crippen LogP contribution in [0.4, 0.5) is 0 Å². The van der Waals surface area contributed by atoms with Gasteiger partial charge in [0.05, 0.1) is 5.69 Å². The van der Waals surface area contributed by atoms with Crippen molar-refractivity contribution in [2.45, 2.75) is 12.0 Å². The van der Waals surface area contributed by atoms with Gasteiger partial charge in [0, 0.05) is 29.2 Å². The van der Waals surface area contributed by atoms with E-state index < -0.39 is 17.4 Å². The van der Waals surface area contributed by atoms with Crippen molar-refractivity contribution in [1.29, 1.82) is 0 Å². The number of fused-ring (bicyclic) bond motifs is 1. The molecule has 3 aromatic rings. The summed E-state index contributed by atoms with van der Waals surface area (Å²) in [5.41, 5.74) is 2.04. The number of allylic oxidation sites excluding steroid dienone is 2. The minimum absolute atomic E-state index is 0.0293. The second kappa shape index (κ2) is 6.00. The van der Waals surface area contributed by atoms with Gasteiger partial charge in [-0.05, 0) is 11.6 Å². The number of pyridine rings is 1. The first kappa shape index (κ1) is 15.8. The molecule has 25 heavy (non-hydrogen) atoms. The summed E-state index contributed by atoms with van der Waals surface area (Å²) in [7, 11) is 1.45. The summed E-state index contributed by atoms with van der Waals surface area (Å²) in [4.78, 5) is 28.7. The Bertz CT molecular complexity index is 1080. The summed E-state index contributed by atoms with van der Waals surface area (Å²) in [6.45, 7) is 0. The normalized spacial score (nSPS) is 19.0. The molecule has 0 unspecified atom stereocenters. The Morgan fingerprint density at radius 1 is 1.12 bits per heavy atom. The van der Waals surface area contributed by atoms with Gasteiger partial charge in [-0.15, -0.1) is 0 Å². The summed E-state index contributed by atoms with van der Waals surface area (Å²) >= 11 is 3.62. The second-order valence-corrected chi connectivity index (χ2v) is 6.79. The van der Waals surface area contributed by atoms with Crippen molar-refractivity contribution in [1.82, 2.24) is 19.3 Å². The zero-order valence-corrected chi connectivity index (χ0v) is 15.0. The molecule has 0 spiro atoms. The highest BCUT2D eigenvalue weighted by molar-refractivity contribution is 9.10. The highest BCUT2D eigenvalue weighted by Gasteiger charge is 2.29. The third-order valence-electron chi connectivity index (χ3n) is 4.50. The number of hydrogen-bond acceptors (Lipinski definition) is 3. The van der Waals surface area contributed by atoms with Gasteiger partial charge >= 0.3 is 11.4 Å². The molecule has 0 bridgehead atoms. The molecule has 1 aromatic carbocycles.